The second-order valence-corrected chi connectivity index (χ2v) is 3.03. The Bertz CT molecular complexity index is 474. The number of benzene rings is 1. The van der Waals surface area contributed by atoms with Crippen LogP contribution in [0.1, 0.15) is 0 Å². The Labute approximate surface area is 88.4 Å². The molecule has 0 aromatic heterocycles. The minimum Gasteiger partial charge on any atom is -0.453 e. The summed E-state index contributed by atoms with van der Waals surface area (Å²) in [4.78, 5) is 20.9. The third-order valence-electron chi connectivity index (χ3n) is 2.04. The fourth-order valence-electron chi connectivity index (χ4n) is 1.28. The lowest BCUT2D eigenvalue weighted by molar-refractivity contribution is -0.385. The number of amides is 1. The monoisotopic (exact) mass is 226 g/mol. The maximum absolute atomic E-state index is 11.1. The van der Waals surface area contributed by atoms with Gasteiger partial charge in [0.15, 0.2) is 5.75 Å². The number of nitro benzene ring substituents is 1. The first-order chi connectivity index (χ1) is 7.50. The van der Waals surface area contributed by atoms with Gasteiger partial charge in [-0.1, -0.05) is 0 Å². The molecule has 0 saturated carbocycles. The lowest BCUT2D eigenvalue weighted by Gasteiger charge is -2.26. The van der Waals surface area contributed by atoms with E-state index in [2.05, 4.69) is 0 Å². The number of fused-ring (bicyclic) bond motifs is 1. The van der Waals surface area contributed by atoms with Crippen LogP contribution in [-0.2, 0) is 4.79 Å². The Balaban J connectivity index is 2.49. The minimum atomic E-state index is -1.86. The van der Waals surface area contributed by atoms with Crippen LogP contribution in [0.15, 0.2) is 18.2 Å². The molecule has 8 heteroatoms. The maximum Gasteiger partial charge on any atom is 0.320 e. The Kier molecular flexibility index (Phi) is 2.22. The molecule has 84 valence electrons. The second-order valence-electron chi connectivity index (χ2n) is 3.03. The molecule has 16 heavy (non-hydrogen) atoms. The number of hydroxylamine groups is 1. The number of anilines is 1. The van der Waals surface area contributed by atoms with Crippen molar-refractivity contribution in [1.29, 1.82) is 0 Å². The van der Waals surface area contributed by atoms with E-state index < -0.39 is 17.1 Å². The highest BCUT2D eigenvalue weighted by atomic mass is 16.6. The van der Waals surface area contributed by atoms with Crippen LogP contribution in [0.25, 0.3) is 0 Å². The van der Waals surface area contributed by atoms with E-state index in [0.29, 0.717) is 0 Å². The van der Waals surface area contributed by atoms with Crippen molar-refractivity contribution < 1.29 is 24.8 Å². The van der Waals surface area contributed by atoms with Gasteiger partial charge in [-0.2, -0.15) is 5.06 Å². The number of hydrogen-bond acceptors (Lipinski definition) is 6. The first-order valence-corrected chi connectivity index (χ1v) is 4.16. The Morgan fingerprint density at radius 3 is 2.81 bits per heavy atom. The zero-order chi connectivity index (χ0) is 11.9. The van der Waals surface area contributed by atoms with Crippen LogP contribution in [0.2, 0.25) is 0 Å². The van der Waals surface area contributed by atoms with Gasteiger partial charge in [0.1, 0.15) is 5.69 Å². The Morgan fingerprint density at radius 1 is 1.50 bits per heavy atom. The summed E-state index contributed by atoms with van der Waals surface area (Å²) in [5, 5.41) is 29.0. The maximum atomic E-state index is 11.1. The van der Waals surface area contributed by atoms with E-state index >= 15 is 0 Å². The third kappa shape index (κ3) is 1.45. The summed E-state index contributed by atoms with van der Waals surface area (Å²) < 4.78 is 4.71. The number of carbonyl (C=O) groups excluding carboxylic acids is 1. The molecule has 2 rings (SSSR count). The average molecular weight is 226 g/mol. The Hall–Kier alpha value is -2.19. The number of aliphatic hydroxyl groups excluding tert-OH is 1. The molecule has 0 fully saturated rings. The number of carbonyl (C=O) groups is 1. The van der Waals surface area contributed by atoms with E-state index in [9.17, 15) is 20.1 Å². The van der Waals surface area contributed by atoms with Crippen LogP contribution in [0.5, 0.6) is 5.75 Å². The van der Waals surface area contributed by atoms with Crippen LogP contribution in [0.4, 0.5) is 11.4 Å². The molecule has 1 aromatic rings. The van der Waals surface area contributed by atoms with Gasteiger partial charge in [0.05, 0.1) is 11.0 Å². The molecule has 2 N–H and O–H groups in total. The molecular formula is C8H6N2O6. The molecule has 1 aromatic carbocycles. The van der Waals surface area contributed by atoms with Gasteiger partial charge in [-0.25, -0.2) is 0 Å². The van der Waals surface area contributed by atoms with E-state index in [1.807, 2.05) is 0 Å². The average Bonchev–Trinajstić information content (AvgIpc) is 2.25. The summed E-state index contributed by atoms with van der Waals surface area (Å²) in [6, 6.07) is 3.27. The normalized spacial score (nSPS) is 19.0. The molecule has 1 aliphatic rings. The van der Waals surface area contributed by atoms with Crippen molar-refractivity contribution in [2.45, 2.75) is 6.29 Å². The predicted molar refractivity (Wildman–Crippen MR) is 49.0 cm³/mol. The number of non-ortho nitro benzene ring substituents is 1. The van der Waals surface area contributed by atoms with Crippen LogP contribution in [0, 0.1) is 10.1 Å². The summed E-state index contributed by atoms with van der Waals surface area (Å²) >= 11 is 0. The van der Waals surface area contributed by atoms with Gasteiger partial charge >= 0.3 is 5.91 Å². The fourth-order valence-corrected chi connectivity index (χ4v) is 1.28. The van der Waals surface area contributed by atoms with Crippen LogP contribution < -0.4 is 9.80 Å². The van der Waals surface area contributed by atoms with E-state index in [1.54, 1.807) is 0 Å². The number of hydrogen-bond donors (Lipinski definition) is 2. The summed E-state index contributed by atoms with van der Waals surface area (Å²) in [6.07, 6.45) is -1.86. The number of ether oxygens (including phenoxy) is 1. The molecule has 0 aliphatic carbocycles. The van der Waals surface area contributed by atoms with Crippen molar-refractivity contribution >= 4 is 17.3 Å². The largest absolute Gasteiger partial charge is 0.453 e. The van der Waals surface area contributed by atoms with Gasteiger partial charge in [-0.15, -0.1) is 0 Å². The number of aliphatic hydroxyl groups is 1. The van der Waals surface area contributed by atoms with Crippen molar-refractivity contribution in [2.24, 2.45) is 0 Å². The van der Waals surface area contributed by atoms with Crippen molar-refractivity contribution in [1.82, 2.24) is 0 Å². The van der Waals surface area contributed by atoms with E-state index in [4.69, 9.17) is 9.84 Å². The van der Waals surface area contributed by atoms with Crippen molar-refractivity contribution in [3.8, 4) is 5.75 Å². The van der Waals surface area contributed by atoms with Gasteiger partial charge in [0.2, 0.25) is 0 Å². The third-order valence-corrected chi connectivity index (χ3v) is 2.04. The highest BCUT2D eigenvalue weighted by Crippen LogP contribution is 2.35. The molecule has 1 unspecified atom stereocenters. The van der Waals surface area contributed by atoms with Gasteiger partial charge in [-0.3, -0.25) is 20.1 Å². The topological polar surface area (TPSA) is 113 Å². The molecule has 0 bridgehead atoms. The van der Waals surface area contributed by atoms with Crippen LogP contribution >= 0.6 is 0 Å². The lowest BCUT2D eigenvalue weighted by atomic mass is 10.2. The van der Waals surface area contributed by atoms with Gasteiger partial charge in [-0.05, 0) is 6.07 Å². The molecular weight excluding hydrogens is 220 g/mol. The zero-order valence-electron chi connectivity index (χ0n) is 7.73. The highest BCUT2D eigenvalue weighted by Gasteiger charge is 2.33. The van der Waals surface area contributed by atoms with Crippen molar-refractivity contribution in [3.05, 3.63) is 28.3 Å². The van der Waals surface area contributed by atoms with Gasteiger partial charge in [0.25, 0.3) is 12.0 Å². The molecule has 0 radical (unpaired) electrons. The summed E-state index contributed by atoms with van der Waals surface area (Å²) in [7, 11) is 0. The predicted octanol–water partition coefficient (Wildman–Crippen LogP) is 0.0278. The number of nitrogens with zero attached hydrogens (tertiary/aromatic N) is 2. The number of rotatable bonds is 1. The summed E-state index contributed by atoms with van der Waals surface area (Å²) in [5.74, 6) is -1.19. The second kappa shape index (κ2) is 3.43. The smallest absolute Gasteiger partial charge is 0.320 e. The standard InChI is InChI=1S/C8H6N2O6/c11-7-8(12)16-6-3-4(10(14)15)1-2-5(6)9(7)13/h1-3,8,12-13H. The van der Waals surface area contributed by atoms with Crippen LogP contribution in [0.3, 0.4) is 0 Å². The van der Waals surface area contributed by atoms with Gasteiger partial charge < -0.3 is 9.84 Å². The first-order valence-electron chi connectivity index (χ1n) is 4.16. The molecule has 1 amide bonds. The molecule has 1 aliphatic heterocycles. The SMILES string of the molecule is O=C1C(O)Oc2cc([N+](=O)[O-])ccc2N1O. The zero-order valence-corrected chi connectivity index (χ0v) is 7.73. The van der Waals surface area contributed by atoms with Gasteiger partial charge in [0, 0.05) is 6.07 Å². The summed E-state index contributed by atoms with van der Waals surface area (Å²) in [5.41, 5.74) is -0.324. The molecule has 0 saturated heterocycles. The van der Waals surface area contributed by atoms with E-state index in [0.717, 1.165) is 18.2 Å². The quantitative estimate of drug-likeness (QED) is 0.396. The number of nitro groups is 1. The minimum absolute atomic E-state index is 0.0547. The molecule has 1 atom stereocenters. The molecule has 8 nitrogen and oxygen atoms in total. The van der Waals surface area contributed by atoms with Crippen molar-refractivity contribution in [2.75, 3.05) is 5.06 Å². The summed E-state index contributed by atoms with van der Waals surface area (Å²) in [6.45, 7) is 0. The lowest BCUT2D eigenvalue weighted by Crippen LogP contribution is -2.43. The Morgan fingerprint density at radius 2 is 2.19 bits per heavy atom. The van der Waals surface area contributed by atoms with E-state index in [-0.39, 0.29) is 22.2 Å². The first kappa shape index (κ1) is 10.3. The molecule has 0 spiro atoms. The van der Waals surface area contributed by atoms with Crippen molar-refractivity contribution in [3.63, 3.8) is 0 Å². The van der Waals surface area contributed by atoms with E-state index in [1.165, 1.54) is 0 Å². The fraction of sp³-hybridized carbons (Fsp3) is 0.125. The highest BCUT2D eigenvalue weighted by molar-refractivity contribution is 5.97. The van der Waals surface area contributed by atoms with Crippen LogP contribution in [-0.4, -0.2) is 27.4 Å². The molecule has 1 heterocycles.